The molecule has 0 unspecified atom stereocenters. The molecule has 45 heavy (non-hydrogen) atoms. The zero-order valence-corrected chi connectivity index (χ0v) is 25.7. The van der Waals surface area contributed by atoms with Gasteiger partial charge in [-0.3, -0.25) is 4.79 Å². The minimum absolute atomic E-state index is 0.165. The fraction of sp³-hybridized carbons (Fsp3) is 0.100. The van der Waals surface area contributed by atoms with Gasteiger partial charge >= 0.3 is 11.9 Å². The SMILES string of the molecule is C=C/C=C\C=C(/C)C(=Cc1ccc(N(c2ccc(COC(C)=O)cc2)c2ccc(COC(=O)C=C)cc2)cc1)c1ccccc1. The molecule has 0 aliphatic carbocycles. The van der Waals surface area contributed by atoms with Crippen molar-refractivity contribution in [1.82, 2.24) is 0 Å². The molecule has 0 bridgehead atoms. The lowest BCUT2D eigenvalue weighted by atomic mass is 9.96. The molecule has 0 amide bonds. The predicted molar refractivity (Wildman–Crippen MR) is 184 cm³/mol. The van der Waals surface area contributed by atoms with Crippen molar-refractivity contribution < 1.29 is 19.1 Å². The van der Waals surface area contributed by atoms with Crippen LogP contribution < -0.4 is 4.90 Å². The Morgan fingerprint density at radius 2 is 1.22 bits per heavy atom. The number of hydrogen-bond donors (Lipinski definition) is 0. The van der Waals surface area contributed by atoms with Gasteiger partial charge in [0, 0.05) is 30.1 Å². The summed E-state index contributed by atoms with van der Waals surface area (Å²) in [6.45, 7) is 11.1. The third-order valence-electron chi connectivity index (χ3n) is 6.94. The third-order valence-corrected chi connectivity index (χ3v) is 6.94. The molecule has 4 aromatic rings. The van der Waals surface area contributed by atoms with Crippen LogP contribution in [0.15, 0.2) is 152 Å². The number of anilines is 3. The van der Waals surface area contributed by atoms with Gasteiger partial charge in [-0.05, 0) is 82.8 Å². The van der Waals surface area contributed by atoms with Crippen LogP contribution in [0.1, 0.15) is 36.1 Å². The first-order valence-corrected chi connectivity index (χ1v) is 14.6. The van der Waals surface area contributed by atoms with Crippen molar-refractivity contribution in [3.05, 3.63) is 174 Å². The summed E-state index contributed by atoms with van der Waals surface area (Å²) >= 11 is 0. The number of hydrogen-bond acceptors (Lipinski definition) is 5. The summed E-state index contributed by atoms with van der Waals surface area (Å²) in [5, 5.41) is 0. The van der Waals surface area contributed by atoms with Gasteiger partial charge in [-0.1, -0.05) is 104 Å². The summed E-state index contributed by atoms with van der Waals surface area (Å²) < 4.78 is 10.4. The van der Waals surface area contributed by atoms with Crippen molar-refractivity contribution in [2.45, 2.75) is 27.1 Å². The van der Waals surface area contributed by atoms with Crippen molar-refractivity contribution in [3.8, 4) is 0 Å². The first-order valence-electron chi connectivity index (χ1n) is 14.6. The molecule has 0 radical (unpaired) electrons. The molecular formula is C40H37NO4. The van der Waals surface area contributed by atoms with E-state index in [1.54, 1.807) is 6.08 Å². The van der Waals surface area contributed by atoms with E-state index >= 15 is 0 Å². The molecule has 4 rings (SSSR count). The topological polar surface area (TPSA) is 55.8 Å². The van der Waals surface area contributed by atoms with Gasteiger partial charge < -0.3 is 14.4 Å². The largest absolute Gasteiger partial charge is 0.461 e. The van der Waals surface area contributed by atoms with E-state index in [0.29, 0.717) is 0 Å². The second-order valence-corrected chi connectivity index (χ2v) is 10.2. The number of carbonyl (C=O) groups is 2. The van der Waals surface area contributed by atoms with Gasteiger partial charge in [-0.2, -0.15) is 0 Å². The number of esters is 2. The fourth-order valence-corrected chi connectivity index (χ4v) is 4.63. The molecule has 0 aliphatic heterocycles. The van der Waals surface area contributed by atoms with E-state index in [9.17, 15) is 9.59 Å². The molecule has 0 N–H and O–H groups in total. The van der Waals surface area contributed by atoms with Crippen molar-refractivity contribution in [3.63, 3.8) is 0 Å². The highest BCUT2D eigenvalue weighted by molar-refractivity contribution is 5.91. The van der Waals surface area contributed by atoms with Crippen LogP contribution in [0.3, 0.4) is 0 Å². The normalized spacial score (nSPS) is 11.6. The number of nitrogens with zero attached hydrogens (tertiary/aromatic N) is 1. The molecule has 0 saturated heterocycles. The van der Waals surface area contributed by atoms with Crippen molar-refractivity contribution in [2.75, 3.05) is 4.90 Å². The Hall–Kier alpha value is -5.68. The lowest BCUT2D eigenvalue weighted by Gasteiger charge is -2.26. The van der Waals surface area contributed by atoms with E-state index in [1.165, 1.54) is 6.92 Å². The maximum Gasteiger partial charge on any atom is 0.330 e. The van der Waals surface area contributed by atoms with E-state index in [-0.39, 0.29) is 19.2 Å². The van der Waals surface area contributed by atoms with E-state index < -0.39 is 5.97 Å². The quantitative estimate of drug-likeness (QED) is 0.0667. The van der Waals surface area contributed by atoms with Gasteiger partial charge in [0.05, 0.1) is 0 Å². The summed E-state index contributed by atoms with van der Waals surface area (Å²) in [6, 6.07) is 34.5. The Labute approximate surface area is 265 Å². The van der Waals surface area contributed by atoms with Crippen LogP contribution in [0.25, 0.3) is 11.6 Å². The zero-order valence-electron chi connectivity index (χ0n) is 25.7. The lowest BCUT2D eigenvalue weighted by molar-refractivity contribution is -0.142. The highest BCUT2D eigenvalue weighted by Gasteiger charge is 2.14. The van der Waals surface area contributed by atoms with Gasteiger partial charge in [0.25, 0.3) is 0 Å². The van der Waals surface area contributed by atoms with Crippen LogP contribution in [-0.2, 0) is 32.3 Å². The highest BCUT2D eigenvalue weighted by atomic mass is 16.5. The number of rotatable bonds is 13. The summed E-state index contributed by atoms with van der Waals surface area (Å²) in [6.07, 6.45) is 11.1. The van der Waals surface area contributed by atoms with E-state index in [0.717, 1.165) is 56.5 Å². The number of allylic oxidation sites excluding steroid dienone is 6. The number of carbonyl (C=O) groups excluding carboxylic acids is 2. The standard InChI is InChI=1S/C40H37NO4/c1-5-7-9-12-30(3)39(35-13-10-8-11-14-35)27-32-15-21-36(22-16-32)41(37-23-17-33(18-24-37)28-44-31(4)42)38-25-19-34(20-26-38)29-45-40(43)6-2/h5-27H,1-2,28-29H2,3-4H3/b9-7-,30-12+,39-27?. The van der Waals surface area contributed by atoms with Gasteiger partial charge in [0.15, 0.2) is 0 Å². The predicted octanol–water partition coefficient (Wildman–Crippen LogP) is 9.68. The van der Waals surface area contributed by atoms with Crippen molar-refractivity contribution in [2.24, 2.45) is 0 Å². The first-order chi connectivity index (χ1) is 21.9. The summed E-state index contributed by atoms with van der Waals surface area (Å²) in [4.78, 5) is 25.0. The second-order valence-electron chi connectivity index (χ2n) is 10.2. The molecule has 0 heterocycles. The van der Waals surface area contributed by atoms with Crippen molar-refractivity contribution in [1.29, 1.82) is 0 Å². The number of ether oxygens (including phenoxy) is 2. The zero-order chi connectivity index (χ0) is 32.0. The Balaban J connectivity index is 1.69. The Morgan fingerprint density at radius 1 is 0.689 bits per heavy atom. The van der Waals surface area contributed by atoms with Crippen LogP contribution in [-0.4, -0.2) is 11.9 Å². The molecular weight excluding hydrogens is 558 g/mol. The molecule has 0 spiro atoms. The van der Waals surface area contributed by atoms with E-state index in [1.807, 2.05) is 78.9 Å². The molecule has 5 nitrogen and oxygen atoms in total. The van der Waals surface area contributed by atoms with Crippen LogP contribution in [0, 0.1) is 0 Å². The lowest BCUT2D eigenvalue weighted by Crippen LogP contribution is -2.10. The fourth-order valence-electron chi connectivity index (χ4n) is 4.63. The Morgan fingerprint density at radius 3 is 1.73 bits per heavy atom. The molecule has 0 aliphatic rings. The summed E-state index contributed by atoms with van der Waals surface area (Å²) in [7, 11) is 0. The highest BCUT2D eigenvalue weighted by Crippen LogP contribution is 2.35. The van der Waals surface area contributed by atoms with Gasteiger partial charge in [0.2, 0.25) is 0 Å². The molecule has 0 saturated carbocycles. The van der Waals surface area contributed by atoms with Gasteiger partial charge in [-0.15, -0.1) is 0 Å². The monoisotopic (exact) mass is 595 g/mol. The minimum atomic E-state index is -0.460. The van der Waals surface area contributed by atoms with Crippen LogP contribution >= 0.6 is 0 Å². The Bertz CT molecular complexity index is 1700. The average Bonchev–Trinajstić information content (AvgIpc) is 3.07. The maximum absolute atomic E-state index is 11.5. The van der Waals surface area contributed by atoms with Crippen molar-refractivity contribution >= 4 is 40.6 Å². The summed E-state index contributed by atoms with van der Waals surface area (Å²) in [5.74, 6) is -0.777. The van der Waals surface area contributed by atoms with E-state index in [2.05, 4.69) is 73.5 Å². The molecule has 5 heteroatoms. The Kier molecular flexibility index (Phi) is 11.6. The second kappa shape index (κ2) is 16.2. The molecule has 0 atom stereocenters. The molecule has 0 aromatic heterocycles. The smallest absolute Gasteiger partial charge is 0.330 e. The van der Waals surface area contributed by atoms with Gasteiger partial charge in [-0.25, -0.2) is 4.79 Å². The maximum atomic E-state index is 11.5. The third kappa shape index (κ3) is 9.40. The molecule has 4 aromatic carbocycles. The number of benzene rings is 4. The van der Waals surface area contributed by atoms with E-state index in [4.69, 9.17) is 9.47 Å². The average molecular weight is 596 g/mol. The first kappa shape index (κ1) is 32.2. The summed E-state index contributed by atoms with van der Waals surface area (Å²) in [5.41, 5.74) is 9.07. The minimum Gasteiger partial charge on any atom is -0.461 e. The van der Waals surface area contributed by atoms with Crippen LogP contribution in [0.4, 0.5) is 17.1 Å². The van der Waals surface area contributed by atoms with Gasteiger partial charge in [0.1, 0.15) is 13.2 Å². The van der Waals surface area contributed by atoms with Crippen LogP contribution in [0.2, 0.25) is 0 Å². The molecule has 226 valence electrons. The van der Waals surface area contributed by atoms with Crippen LogP contribution in [0.5, 0.6) is 0 Å². The molecule has 0 fully saturated rings.